The van der Waals surface area contributed by atoms with Crippen molar-refractivity contribution in [3.8, 4) is 23.1 Å². The van der Waals surface area contributed by atoms with Gasteiger partial charge in [0.15, 0.2) is 0 Å². The Labute approximate surface area is 186 Å². The average Bonchev–Trinajstić information content (AvgIpc) is 3.15. The molecule has 2 atom stereocenters. The topological polar surface area (TPSA) is 98.6 Å². The summed E-state index contributed by atoms with van der Waals surface area (Å²) in [5, 5.41) is 17.2. The molecule has 3 aromatic rings. The van der Waals surface area contributed by atoms with Crippen LogP contribution in [0.2, 0.25) is 0 Å². The summed E-state index contributed by atoms with van der Waals surface area (Å²) in [7, 11) is 1.58. The van der Waals surface area contributed by atoms with Crippen LogP contribution in [0.5, 0.6) is 5.88 Å². The molecule has 0 saturated heterocycles. The number of tetrazole rings is 1. The number of rotatable bonds is 6. The average molecular weight is 428 g/mol. The summed E-state index contributed by atoms with van der Waals surface area (Å²) in [5.41, 5.74) is 3.60. The van der Waals surface area contributed by atoms with Crippen molar-refractivity contribution in [3.05, 3.63) is 76.4 Å². The van der Waals surface area contributed by atoms with Gasteiger partial charge in [-0.05, 0) is 47.9 Å². The molecule has 4 rings (SSSR count). The maximum atomic E-state index is 12.4. The van der Waals surface area contributed by atoms with Gasteiger partial charge in [0.2, 0.25) is 5.88 Å². The molecule has 2 aromatic heterocycles. The van der Waals surface area contributed by atoms with Gasteiger partial charge in [0.1, 0.15) is 0 Å². The van der Waals surface area contributed by atoms with Gasteiger partial charge in [-0.1, -0.05) is 37.3 Å². The van der Waals surface area contributed by atoms with Crippen LogP contribution in [0.4, 0.5) is 0 Å². The summed E-state index contributed by atoms with van der Waals surface area (Å²) in [6.07, 6.45) is 6.86. The van der Waals surface area contributed by atoms with E-state index in [1.54, 1.807) is 13.1 Å². The third kappa shape index (κ3) is 3.97. The summed E-state index contributed by atoms with van der Waals surface area (Å²) < 4.78 is 8.63. The number of nitriles is 1. The smallest absolute Gasteiger partial charge is 0.367 e. The van der Waals surface area contributed by atoms with Gasteiger partial charge in [0.25, 0.3) is 0 Å². The van der Waals surface area contributed by atoms with E-state index >= 15 is 0 Å². The Morgan fingerprint density at radius 3 is 2.66 bits per heavy atom. The number of benzene rings is 1. The van der Waals surface area contributed by atoms with E-state index in [0.29, 0.717) is 18.1 Å². The Hall–Kier alpha value is -3.99. The zero-order valence-corrected chi connectivity index (χ0v) is 18.3. The standard InChI is InChI=1S/C24H24N6O2/c1-4-17-9-7-11-22(30-24(31)29(3)27-28-30)21(17)15-32-23-13-12-19(16(2)26-23)20-10-6-5-8-18(20)14-25/h5-13,17,21H,4,15H2,1-3H3. The zero-order valence-electron chi connectivity index (χ0n) is 18.3. The van der Waals surface area contributed by atoms with Crippen LogP contribution >= 0.6 is 0 Å². The quantitative estimate of drug-likeness (QED) is 0.597. The van der Waals surface area contributed by atoms with Crippen LogP contribution in [-0.2, 0) is 7.05 Å². The van der Waals surface area contributed by atoms with Crippen molar-refractivity contribution in [2.45, 2.75) is 20.3 Å². The van der Waals surface area contributed by atoms with Crippen molar-refractivity contribution in [3.63, 3.8) is 0 Å². The summed E-state index contributed by atoms with van der Waals surface area (Å²) >= 11 is 0. The molecule has 32 heavy (non-hydrogen) atoms. The second-order valence-corrected chi connectivity index (χ2v) is 7.70. The Morgan fingerprint density at radius 1 is 1.16 bits per heavy atom. The van der Waals surface area contributed by atoms with Crippen molar-refractivity contribution in [1.82, 2.24) is 24.8 Å². The van der Waals surface area contributed by atoms with Gasteiger partial charge in [0, 0.05) is 35.9 Å². The summed E-state index contributed by atoms with van der Waals surface area (Å²) in [6.45, 7) is 4.35. The highest BCUT2D eigenvalue weighted by Gasteiger charge is 2.28. The molecule has 8 nitrogen and oxygen atoms in total. The second kappa shape index (κ2) is 9.02. The van der Waals surface area contributed by atoms with E-state index in [9.17, 15) is 10.1 Å². The van der Waals surface area contributed by atoms with E-state index in [1.807, 2.05) is 49.4 Å². The molecule has 1 aliphatic carbocycles. The molecular formula is C24H24N6O2. The lowest BCUT2D eigenvalue weighted by Gasteiger charge is -2.28. The van der Waals surface area contributed by atoms with Crippen molar-refractivity contribution in [1.29, 1.82) is 5.26 Å². The minimum absolute atomic E-state index is 0.0690. The number of hydrogen-bond donors (Lipinski definition) is 0. The van der Waals surface area contributed by atoms with Crippen molar-refractivity contribution in [2.24, 2.45) is 18.9 Å². The highest BCUT2D eigenvalue weighted by atomic mass is 16.5. The Balaban J connectivity index is 1.58. The van der Waals surface area contributed by atoms with Crippen LogP contribution in [-0.4, -0.2) is 31.4 Å². The van der Waals surface area contributed by atoms with Crippen LogP contribution in [0, 0.1) is 30.1 Å². The normalized spacial score (nSPS) is 17.6. The lowest BCUT2D eigenvalue weighted by Crippen LogP contribution is -2.32. The van der Waals surface area contributed by atoms with Crippen LogP contribution in [0.3, 0.4) is 0 Å². The molecule has 0 spiro atoms. The van der Waals surface area contributed by atoms with E-state index in [0.717, 1.165) is 28.9 Å². The molecule has 0 saturated carbocycles. The van der Waals surface area contributed by atoms with Crippen LogP contribution < -0.4 is 10.4 Å². The second-order valence-electron chi connectivity index (χ2n) is 7.70. The number of hydrogen-bond acceptors (Lipinski definition) is 6. The Morgan fingerprint density at radius 2 is 1.97 bits per heavy atom. The van der Waals surface area contributed by atoms with Gasteiger partial charge in [0.05, 0.1) is 23.9 Å². The number of pyridine rings is 1. The number of aryl methyl sites for hydroxylation is 2. The molecule has 2 heterocycles. The van der Waals surface area contributed by atoms with Gasteiger partial charge < -0.3 is 4.74 Å². The van der Waals surface area contributed by atoms with Gasteiger partial charge in [-0.2, -0.15) is 14.6 Å². The van der Waals surface area contributed by atoms with Crippen LogP contribution in [0.15, 0.2) is 59.4 Å². The molecule has 2 unspecified atom stereocenters. The molecule has 1 aromatic carbocycles. The molecular weight excluding hydrogens is 404 g/mol. The molecule has 0 fully saturated rings. The number of aromatic nitrogens is 5. The number of ether oxygens (including phenoxy) is 1. The van der Waals surface area contributed by atoms with Crippen molar-refractivity contribution < 1.29 is 4.74 Å². The summed E-state index contributed by atoms with van der Waals surface area (Å²) in [5.74, 6) is 0.628. The van der Waals surface area contributed by atoms with Crippen LogP contribution in [0.25, 0.3) is 16.8 Å². The predicted octanol–water partition coefficient (Wildman–Crippen LogP) is 3.35. The lowest BCUT2D eigenvalue weighted by atomic mass is 9.84. The first-order chi connectivity index (χ1) is 15.5. The minimum Gasteiger partial charge on any atom is -0.477 e. The van der Waals surface area contributed by atoms with E-state index < -0.39 is 0 Å². The third-order valence-electron chi connectivity index (χ3n) is 5.77. The zero-order chi connectivity index (χ0) is 22.7. The number of nitrogens with zero attached hydrogens (tertiary/aromatic N) is 6. The molecule has 1 aliphatic rings. The van der Waals surface area contributed by atoms with Gasteiger partial charge in [-0.3, -0.25) is 0 Å². The minimum atomic E-state index is -0.291. The fourth-order valence-electron chi connectivity index (χ4n) is 4.00. The Kier molecular flexibility index (Phi) is 5.99. The molecule has 0 bridgehead atoms. The fourth-order valence-corrected chi connectivity index (χ4v) is 4.00. The van der Waals surface area contributed by atoms with E-state index in [1.165, 1.54) is 9.36 Å². The molecule has 0 radical (unpaired) electrons. The first-order valence-corrected chi connectivity index (χ1v) is 10.5. The molecule has 0 aliphatic heterocycles. The van der Waals surface area contributed by atoms with E-state index in [4.69, 9.17) is 4.74 Å². The third-order valence-corrected chi connectivity index (χ3v) is 5.77. The largest absolute Gasteiger partial charge is 0.477 e. The molecule has 0 amide bonds. The van der Waals surface area contributed by atoms with Crippen molar-refractivity contribution >= 4 is 5.70 Å². The van der Waals surface area contributed by atoms with E-state index in [2.05, 4.69) is 34.5 Å². The van der Waals surface area contributed by atoms with Crippen molar-refractivity contribution in [2.75, 3.05) is 6.61 Å². The van der Waals surface area contributed by atoms with Crippen LogP contribution in [0.1, 0.15) is 24.6 Å². The molecule has 0 N–H and O–H groups in total. The maximum Gasteiger partial charge on any atom is 0.367 e. The van der Waals surface area contributed by atoms with Gasteiger partial charge >= 0.3 is 5.69 Å². The molecule has 8 heteroatoms. The lowest BCUT2D eigenvalue weighted by molar-refractivity contribution is 0.235. The summed E-state index contributed by atoms with van der Waals surface area (Å²) in [6, 6.07) is 13.4. The monoisotopic (exact) mass is 428 g/mol. The first-order valence-electron chi connectivity index (χ1n) is 10.5. The Bertz CT molecular complexity index is 1290. The molecule has 162 valence electrons. The first kappa shape index (κ1) is 21.2. The number of allylic oxidation sites excluding steroid dienone is 3. The van der Waals surface area contributed by atoms with Gasteiger partial charge in [-0.15, -0.1) is 0 Å². The highest BCUT2D eigenvalue weighted by molar-refractivity contribution is 5.72. The fraction of sp³-hybridized carbons (Fsp3) is 0.292. The SMILES string of the molecule is CCC1C=CC=C(n2nnn(C)c2=O)C1COc1ccc(-c2ccccc2C#N)c(C)n1. The predicted molar refractivity (Wildman–Crippen MR) is 121 cm³/mol. The van der Waals surface area contributed by atoms with Gasteiger partial charge in [-0.25, -0.2) is 9.78 Å². The maximum absolute atomic E-state index is 12.4. The highest BCUT2D eigenvalue weighted by Crippen LogP contribution is 2.32. The summed E-state index contributed by atoms with van der Waals surface area (Å²) in [4.78, 5) is 17.0. The van der Waals surface area contributed by atoms with E-state index in [-0.39, 0.29) is 17.5 Å².